The predicted molar refractivity (Wildman–Crippen MR) is 91.5 cm³/mol. The molecule has 1 heterocycles. The molecule has 21 heavy (non-hydrogen) atoms. The zero-order valence-electron chi connectivity index (χ0n) is 12.3. The van der Waals surface area contributed by atoms with Crippen LogP contribution in [-0.4, -0.2) is 28.1 Å². The Morgan fingerprint density at radius 3 is 2.57 bits per heavy atom. The van der Waals surface area contributed by atoms with Gasteiger partial charge in [-0.05, 0) is 71.9 Å². The molecule has 0 saturated carbocycles. The quantitative estimate of drug-likeness (QED) is 0.821. The number of hydrogen-bond acceptors (Lipinski definition) is 3. The van der Waals surface area contributed by atoms with Crippen LogP contribution in [0.3, 0.4) is 0 Å². The number of halogens is 2. The summed E-state index contributed by atoms with van der Waals surface area (Å²) in [5, 5.41) is 3.30. The first-order chi connectivity index (χ1) is 9.32. The van der Waals surface area contributed by atoms with Gasteiger partial charge < -0.3 is 5.32 Å². The Kier molecular flexibility index (Phi) is 6.68. The molecule has 1 fully saturated rings. The Morgan fingerprint density at radius 1 is 1.33 bits per heavy atom. The van der Waals surface area contributed by atoms with Crippen LogP contribution in [0.5, 0.6) is 0 Å². The van der Waals surface area contributed by atoms with Crippen LogP contribution in [0.25, 0.3) is 0 Å². The highest BCUT2D eigenvalue weighted by atomic mass is 79.9. The Bertz CT molecular complexity index is 587. The van der Waals surface area contributed by atoms with Crippen LogP contribution in [0.15, 0.2) is 27.6 Å². The van der Waals surface area contributed by atoms with Gasteiger partial charge in [0.15, 0.2) is 0 Å². The maximum absolute atomic E-state index is 12.4. The zero-order chi connectivity index (χ0) is 14.8. The minimum atomic E-state index is -3.47. The summed E-state index contributed by atoms with van der Waals surface area (Å²) in [4.78, 5) is 0.315. The third-order valence-corrected chi connectivity index (χ3v) is 6.27. The molecule has 0 aliphatic carbocycles. The third kappa shape index (κ3) is 4.93. The molecule has 0 aromatic heterocycles. The van der Waals surface area contributed by atoms with Crippen molar-refractivity contribution in [3.63, 3.8) is 0 Å². The van der Waals surface area contributed by atoms with E-state index in [2.05, 4.69) is 32.9 Å². The summed E-state index contributed by atoms with van der Waals surface area (Å²) in [6.45, 7) is 6.41. The third-order valence-electron chi connectivity index (χ3n) is 3.88. The molecule has 0 bridgehead atoms. The second-order valence-electron chi connectivity index (χ2n) is 5.82. The molecule has 120 valence electrons. The summed E-state index contributed by atoms with van der Waals surface area (Å²) in [5.41, 5.74) is 0.968. The molecule has 7 heteroatoms. The highest BCUT2D eigenvalue weighted by Crippen LogP contribution is 2.28. The molecule has 4 nitrogen and oxygen atoms in total. The van der Waals surface area contributed by atoms with Gasteiger partial charge >= 0.3 is 0 Å². The highest BCUT2D eigenvalue weighted by Gasteiger charge is 2.29. The van der Waals surface area contributed by atoms with Gasteiger partial charge in [0.1, 0.15) is 0 Å². The van der Waals surface area contributed by atoms with E-state index in [1.54, 1.807) is 12.1 Å². The second-order valence-corrected chi connectivity index (χ2v) is 8.41. The van der Waals surface area contributed by atoms with Gasteiger partial charge in [-0.2, -0.15) is 0 Å². The summed E-state index contributed by atoms with van der Waals surface area (Å²) in [6.07, 6.45) is 1.98. The van der Waals surface area contributed by atoms with Crippen molar-refractivity contribution in [2.45, 2.75) is 31.6 Å². The molecular formula is C14H22BrClN2O2S. The van der Waals surface area contributed by atoms with E-state index in [9.17, 15) is 8.42 Å². The van der Waals surface area contributed by atoms with Gasteiger partial charge in [0.2, 0.25) is 10.0 Å². The van der Waals surface area contributed by atoms with Crippen molar-refractivity contribution in [2.75, 3.05) is 19.6 Å². The van der Waals surface area contributed by atoms with Crippen LogP contribution >= 0.6 is 28.3 Å². The number of nitrogens with one attached hydrogen (secondary N) is 2. The molecule has 1 aliphatic rings. The van der Waals surface area contributed by atoms with E-state index in [4.69, 9.17) is 0 Å². The molecule has 1 aliphatic heterocycles. The van der Waals surface area contributed by atoms with Crippen molar-refractivity contribution >= 4 is 38.4 Å². The molecule has 2 N–H and O–H groups in total. The zero-order valence-corrected chi connectivity index (χ0v) is 15.5. The molecule has 1 saturated heterocycles. The summed E-state index contributed by atoms with van der Waals surface area (Å²) >= 11 is 3.32. The number of benzene rings is 1. The molecule has 1 aromatic carbocycles. The van der Waals surface area contributed by atoms with E-state index in [0.29, 0.717) is 15.9 Å². The van der Waals surface area contributed by atoms with Gasteiger partial charge in [0.25, 0.3) is 0 Å². The minimum Gasteiger partial charge on any atom is -0.317 e. The lowest BCUT2D eigenvalue weighted by Gasteiger charge is -2.34. The lowest BCUT2D eigenvalue weighted by molar-refractivity contribution is 0.232. The van der Waals surface area contributed by atoms with Crippen molar-refractivity contribution in [3.8, 4) is 0 Å². The van der Waals surface area contributed by atoms with Crippen LogP contribution in [0.2, 0.25) is 0 Å². The van der Waals surface area contributed by atoms with E-state index in [1.807, 2.05) is 13.0 Å². The first-order valence-electron chi connectivity index (χ1n) is 6.79. The molecule has 0 atom stereocenters. The lowest BCUT2D eigenvalue weighted by Crippen LogP contribution is -2.42. The number of aryl methyl sites for hydroxylation is 1. The highest BCUT2D eigenvalue weighted by molar-refractivity contribution is 9.10. The van der Waals surface area contributed by atoms with Crippen molar-refractivity contribution in [2.24, 2.45) is 5.41 Å². The van der Waals surface area contributed by atoms with E-state index in [1.165, 1.54) is 0 Å². The van der Waals surface area contributed by atoms with Crippen LogP contribution < -0.4 is 10.0 Å². The average Bonchev–Trinajstić information content (AvgIpc) is 2.40. The largest absolute Gasteiger partial charge is 0.317 e. The van der Waals surface area contributed by atoms with Crippen LogP contribution in [0.4, 0.5) is 0 Å². The van der Waals surface area contributed by atoms with E-state index in [-0.39, 0.29) is 17.8 Å². The standard InChI is InChI=1S/C14H21BrN2O2S.ClH/c1-11-3-4-12(15)13(9-11)20(18,19)17-10-14(2)5-7-16-8-6-14;/h3-4,9,16-17H,5-8,10H2,1-2H3;1H. The fourth-order valence-electron chi connectivity index (χ4n) is 2.37. The lowest BCUT2D eigenvalue weighted by atomic mass is 9.81. The van der Waals surface area contributed by atoms with Gasteiger partial charge in [-0.25, -0.2) is 13.1 Å². The summed E-state index contributed by atoms with van der Waals surface area (Å²) in [7, 11) is -3.47. The second kappa shape index (κ2) is 7.42. The normalized spacial score (nSPS) is 18.0. The molecule has 2 rings (SSSR count). The maximum atomic E-state index is 12.4. The smallest absolute Gasteiger partial charge is 0.241 e. The molecule has 0 spiro atoms. The maximum Gasteiger partial charge on any atom is 0.241 e. The van der Waals surface area contributed by atoms with E-state index < -0.39 is 10.0 Å². The first kappa shape index (κ1) is 18.9. The first-order valence-corrected chi connectivity index (χ1v) is 9.07. The monoisotopic (exact) mass is 396 g/mol. The van der Waals surface area contributed by atoms with Gasteiger partial charge in [-0.15, -0.1) is 12.4 Å². The Hall–Kier alpha value is -0.140. The summed E-state index contributed by atoms with van der Waals surface area (Å²) in [6, 6.07) is 5.35. The Balaban J connectivity index is 0.00000220. The van der Waals surface area contributed by atoms with Crippen LogP contribution in [0, 0.1) is 12.3 Å². The molecule has 0 amide bonds. The fraction of sp³-hybridized carbons (Fsp3) is 0.571. The SMILES string of the molecule is Cc1ccc(Br)c(S(=O)(=O)NCC2(C)CCNCC2)c1.Cl. The number of rotatable bonds is 4. The number of sulfonamides is 1. The Labute approximate surface area is 141 Å². The van der Waals surface area contributed by atoms with Crippen molar-refractivity contribution < 1.29 is 8.42 Å². The van der Waals surface area contributed by atoms with E-state index >= 15 is 0 Å². The van der Waals surface area contributed by atoms with Crippen LogP contribution in [0.1, 0.15) is 25.3 Å². The summed E-state index contributed by atoms with van der Waals surface area (Å²) < 4.78 is 28.2. The van der Waals surface area contributed by atoms with Crippen molar-refractivity contribution in [1.29, 1.82) is 0 Å². The average molecular weight is 398 g/mol. The number of piperidine rings is 1. The molecule has 1 aromatic rings. The van der Waals surface area contributed by atoms with E-state index in [0.717, 1.165) is 31.5 Å². The Morgan fingerprint density at radius 2 is 1.95 bits per heavy atom. The number of hydrogen-bond donors (Lipinski definition) is 2. The minimum absolute atomic E-state index is 0. The van der Waals surface area contributed by atoms with Crippen LogP contribution in [-0.2, 0) is 10.0 Å². The molecular weight excluding hydrogens is 376 g/mol. The topological polar surface area (TPSA) is 58.2 Å². The fourth-order valence-corrected chi connectivity index (χ4v) is 4.62. The molecule has 0 radical (unpaired) electrons. The van der Waals surface area contributed by atoms with Gasteiger partial charge in [0, 0.05) is 11.0 Å². The van der Waals surface area contributed by atoms with Gasteiger partial charge in [-0.3, -0.25) is 0 Å². The van der Waals surface area contributed by atoms with Crippen molar-refractivity contribution in [1.82, 2.24) is 10.0 Å². The van der Waals surface area contributed by atoms with Crippen molar-refractivity contribution in [3.05, 3.63) is 28.2 Å². The predicted octanol–water partition coefficient (Wildman–Crippen LogP) is 2.85. The molecule has 0 unspecified atom stereocenters. The summed E-state index contributed by atoms with van der Waals surface area (Å²) in [5.74, 6) is 0. The van der Waals surface area contributed by atoms with Gasteiger partial charge in [-0.1, -0.05) is 13.0 Å². The van der Waals surface area contributed by atoms with Gasteiger partial charge in [0.05, 0.1) is 4.90 Å².